The second kappa shape index (κ2) is 8.16. The summed E-state index contributed by atoms with van der Waals surface area (Å²) in [5.41, 5.74) is 2.84. The molecular weight excluding hydrogens is 206 g/mol. The van der Waals surface area contributed by atoms with Gasteiger partial charge in [-0.3, -0.25) is 0 Å². The van der Waals surface area contributed by atoms with Gasteiger partial charge in [-0.25, -0.2) is 0 Å². The van der Waals surface area contributed by atoms with E-state index in [1.165, 1.54) is 50.0 Å². The smallest absolute Gasteiger partial charge is 0.0366 e. The maximum atomic E-state index is 2.50. The minimum Gasteiger partial charge on any atom is -0.372 e. The van der Waals surface area contributed by atoms with Gasteiger partial charge in [0.1, 0.15) is 0 Å². The third kappa shape index (κ3) is 4.80. The molecule has 1 aromatic rings. The van der Waals surface area contributed by atoms with Crippen LogP contribution in [0, 0.1) is 0 Å². The van der Waals surface area contributed by atoms with E-state index in [9.17, 15) is 0 Å². The molecule has 0 bridgehead atoms. The first-order valence-electron chi connectivity index (χ1n) is 7.15. The summed E-state index contributed by atoms with van der Waals surface area (Å²) in [6.45, 7) is 8.94. The van der Waals surface area contributed by atoms with Gasteiger partial charge in [0.15, 0.2) is 0 Å². The van der Waals surface area contributed by atoms with Crippen molar-refractivity contribution in [3.05, 3.63) is 29.8 Å². The fraction of sp³-hybridized carbons (Fsp3) is 0.625. The van der Waals surface area contributed by atoms with Crippen molar-refractivity contribution in [2.24, 2.45) is 0 Å². The Morgan fingerprint density at radius 3 is 1.88 bits per heavy atom. The van der Waals surface area contributed by atoms with E-state index >= 15 is 0 Å². The van der Waals surface area contributed by atoms with E-state index in [4.69, 9.17) is 0 Å². The van der Waals surface area contributed by atoms with Crippen LogP contribution in [0.5, 0.6) is 0 Å². The third-order valence-corrected chi connectivity index (χ3v) is 3.07. The summed E-state index contributed by atoms with van der Waals surface area (Å²) >= 11 is 0. The maximum absolute atomic E-state index is 2.50. The second-order valence-corrected chi connectivity index (χ2v) is 4.77. The molecule has 1 heteroatoms. The van der Waals surface area contributed by atoms with Gasteiger partial charge in [0.25, 0.3) is 0 Å². The molecule has 1 saturated heterocycles. The molecule has 1 aliphatic heterocycles. The van der Waals surface area contributed by atoms with Gasteiger partial charge < -0.3 is 4.90 Å². The van der Waals surface area contributed by atoms with Crippen molar-refractivity contribution in [2.75, 3.05) is 18.0 Å². The molecule has 1 aromatic carbocycles. The van der Waals surface area contributed by atoms with Gasteiger partial charge in [-0.1, -0.05) is 39.3 Å². The van der Waals surface area contributed by atoms with Crippen molar-refractivity contribution < 1.29 is 0 Å². The van der Waals surface area contributed by atoms with Crippen LogP contribution in [0.3, 0.4) is 0 Å². The zero-order valence-electron chi connectivity index (χ0n) is 11.7. The van der Waals surface area contributed by atoms with E-state index < -0.39 is 0 Å². The standard InChI is InChI=1S/C13H19N.C3H8/c1-2-12-6-8-13(9-7-12)14-10-4-3-5-11-14;1-3-2/h6-9H,2-5,10-11H2,1H3;3H2,1-2H3. The lowest BCUT2D eigenvalue weighted by Gasteiger charge is -2.28. The van der Waals surface area contributed by atoms with Gasteiger partial charge in [-0.05, 0) is 43.4 Å². The van der Waals surface area contributed by atoms with E-state index in [0.717, 1.165) is 6.42 Å². The molecule has 1 nitrogen and oxygen atoms in total. The first-order valence-corrected chi connectivity index (χ1v) is 7.15. The first-order chi connectivity index (χ1) is 8.31. The van der Waals surface area contributed by atoms with Gasteiger partial charge in [-0.15, -0.1) is 0 Å². The first kappa shape index (κ1) is 14.1. The van der Waals surface area contributed by atoms with Gasteiger partial charge in [0, 0.05) is 18.8 Å². The number of aryl methyl sites for hydroxylation is 1. The van der Waals surface area contributed by atoms with Crippen LogP contribution in [-0.2, 0) is 6.42 Å². The Labute approximate surface area is 107 Å². The molecule has 96 valence electrons. The zero-order chi connectivity index (χ0) is 12.5. The van der Waals surface area contributed by atoms with Gasteiger partial charge >= 0.3 is 0 Å². The predicted molar refractivity (Wildman–Crippen MR) is 77.8 cm³/mol. The Bertz CT molecular complexity index is 283. The van der Waals surface area contributed by atoms with Crippen LogP contribution in [0.1, 0.15) is 52.0 Å². The maximum Gasteiger partial charge on any atom is 0.0366 e. The highest BCUT2D eigenvalue weighted by atomic mass is 15.1. The highest BCUT2D eigenvalue weighted by Crippen LogP contribution is 2.20. The molecule has 0 atom stereocenters. The molecule has 0 radical (unpaired) electrons. The SMILES string of the molecule is CCC.CCc1ccc(N2CCCCC2)cc1. The number of benzene rings is 1. The van der Waals surface area contributed by atoms with Crippen molar-refractivity contribution in [1.29, 1.82) is 0 Å². The Hall–Kier alpha value is -0.980. The van der Waals surface area contributed by atoms with Crippen LogP contribution in [0.15, 0.2) is 24.3 Å². The van der Waals surface area contributed by atoms with Crippen LogP contribution in [0.25, 0.3) is 0 Å². The van der Waals surface area contributed by atoms with Crippen LogP contribution in [0.4, 0.5) is 5.69 Å². The van der Waals surface area contributed by atoms with Crippen LogP contribution in [0.2, 0.25) is 0 Å². The monoisotopic (exact) mass is 233 g/mol. The molecule has 0 unspecified atom stereocenters. The Balaban J connectivity index is 0.000000437. The average molecular weight is 233 g/mol. The summed E-state index contributed by atoms with van der Waals surface area (Å²) in [5.74, 6) is 0. The van der Waals surface area contributed by atoms with Crippen molar-refractivity contribution in [3.63, 3.8) is 0 Å². The summed E-state index contributed by atoms with van der Waals surface area (Å²) < 4.78 is 0. The molecule has 1 heterocycles. The topological polar surface area (TPSA) is 3.24 Å². The lowest BCUT2D eigenvalue weighted by molar-refractivity contribution is 0.578. The lowest BCUT2D eigenvalue weighted by atomic mass is 10.1. The molecule has 1 fully saturated rings. The van der Waals surface area contributed by atoms with E-state index in [-0.39, 0.29) is 0 Å². The number of anilines is 1. The molecule has 0 aliphatic carbocycles. The molecule has 1 aliphatic rings. The van der Waals surface area contributed by atoms with E-state index in [2.05, 4.69) is 49.9 Å². The van der Waals surface area contributed by atoms with E-state index in [1.807, 2.05) is 0 Å². The van der Waals surface area contributed by atoms with E-state index in [1.54, 1.807) is 0 Å². The van der Waals surface area contributed by atoms with E-state index in [0.29, 0.717) is 0 Å². The number of piperidine rings is 1. The predicted octanol–water partition coefficient (Wildman–Crippen LogP) is 4.66. The lowest BCUT2D eigenvalue weighted by Crippen LogP contribution is -2.29. The molecule has 0 amide bonds. The van der Waals surface area contributed by atoms with Gasteiger partial charge in [0.2, 0.25) is 0 Å². The Morgan fingerprint density at radius 1 is 0.882 bits per heavy atom. The summed E-state index contributed by atoms with van der Waals surface area (Å²) in [6, 6.07) is 9.04. The number of nitrogens with zero attached hydrogens (tertiary/aromatic N) is 1. The Kier molecular flexibility index (Phi) is 6.76. The molecule has 0 N–H and O–H groups in total. The highest BCUT2D eigenvalue weighted by Gasteiger charge is 2.09. The number of rotatable bonds is 2. The molecule has 0 aromatic heterocycles. The largest absolute Gasteiger partial charge is 0.372 e. The normalized spacial score (nSPS) is 15.1. The van der Waals surface area contributed by atoms with Crippen molar-refractivity contribution in [1.82, 2.24) is 0 Å². The molecular formula is C16H27N. The van der Waals surface area contributed by atoms with Crippen LogP contribution < -0.4 is 4.90 Å². The highest BCUT2D eigenvalue weighted by molar-refractivity contribution is 5.47. The fourth-order valence-electron chi connectivity index (χ4n) is 2.09. The Morgan fingerprint density at radius 2 is 1.41 bits per heavy atom. The fourth-order valence-corrected chi connectivity index (χ4v) is 2.09. The summed E-state index contributed by atoms with van der Waals surface area (Å²) in [6.07, 6.45) is 6.51. The van der Waals surface area contributed by atoms with Gasteiger partial charge in [-0.2, -0.15) is 0 Å². The molecule has 2 rings (SSSR count). The molecule has 0 saturated carbocycles. The third-order valence-electron chi connectivity index (χ3n) is 3.07. The van der Waals surface area contributed by atoms with Crippen molar-refractivity contribution in [2.45, 2.75) is 52.9 Å². The summed E-state index contributed by atoms with van der Waals surface area (Å²) in [4.78, 5) is 2.50. The minimum absolute atomic E-state index is 1.14. The number of hydrogen-bond acceptors (Lipinski definition) is 1. The quantitative estimate of drug-likeness (QED) is 0.718. The van der Waals surface area contributed by atoms with Crippen LogP contribution >= 0.6 is 0 Å². The number of hydrogen-bond donors (Lipinski definition) is 0. The average Bonchev–Trinajstić information content (AvgIpc) is 2.41. The van der Waals surface area contributed by atoms with Gasteiger partial charge in [0.05, 0.1) is 0 Å². The minimum atomic E-state index is 1.14. The molecule has 17 heavy (non-hydrogen) atoms. The summed E-state index contributed by atoms with van der Waals surface area (Å²) in [7, 11) is 0. The molecule has 0 spiro atoms. The second-order valence-electron chi connectivity index (χ2n) is 4.77. The van der Waals surface area contributed by atoms with Crippen molar-refractivity contribution in [3.8, 4) is 0 Å². The zero-order valence-corrected chi connectivity index (χ0v) is 11.7. The summed E-state index contributed by atoms with van der Waals surface area (Å²) in [5, 5.41) is 0. The van der Waals surface area contributed by atoms with Crippen molar-refractivity contribution >= 4 is 5.69 Å². The van der Waals surface area contributed by atoms with Crippen LogP contribution in [-0.4, -0.2) is 13.1 Å².